The molecule has 1 aromatic heterocycles. The van der Waals surface area contributed by atoms with Gasteiger partial charge in [0.2, 0.25) is 0 Å². The van der Waals surface area contributed by atoms with Crippen molar-refractivity contribution in [1.29, 1.82) is 0 Å². The Bertz CT molecular complexity index is 450. The summed E-state index contributed by atoms with van der Waals surface area (Å²) in [7, 11) is 1.68. The second-order valence-electron chi connectivity index (χ2n) is 3.54. The molecule has 1 heterocycles. The number of aromatic nitrogens is 1. The first-order valence-electron chi connectivity index (χ1n) is 5.05. The average Bonchev–Trinajstić information content (AvgIpc) is 2.67. The molecule has 0 aliphatic carbocycles. The fourth-order valence-corrected chi connectivity index (χ4v) is 1.82. The zero-order valence-electron chi connectivity index (χ0n) is 8.72. The minimum absolute atomic E-state index is 0.707. The predicted molar refractivity (Wildman–Crippen MR) is 63.9 cm³/mol. The highest BCUT2D eigenvalue weighted by Crippen LogP contribution is 2.21. The van der Waals surface area contributed by atoms with Crippen molar-refractivity contribution in [2.75, 3.05) is 13.0 Å². The van der Waals surface area contributed by atoms with Gasteiger partial charge in [-0.3, -0.25) is 0 Å². The number of benzene rings is 1. The van der Waals surface area contributed by atoms with Crippen molar-refractivity contribution in [3.8, 4) is 5.75 Å². The summed E-state index contributed by atoms with van der Waals surface area (Å²) in [5.41, 5.74) is 2.39. The topological polar surface area (TPSA) is 25.0 Å². The van der Waals surface area contributed by atoms with Gasteiger partial charge in [0.05, 0.1) is 7.11 Å². The SMILES string of the molecule is COc1ccc2[nH]c(CCCCl)cc2c1. The molecule has 0 fully saturated rings. The van der Waals surface area contributed by atoms with Crippen molar-refractivity contribution in [2.24, 2.45) is 0 Å². The molecule has 0 saturated carbocycles. The Hall–Kier alpha value is -1.15. The Morgan fingerprint density at radius 2 is 2.20 bits per heavy atom. The first-order valence-corrected chi connectivity index (χ1v) is 5.58. The van der Waals surface area contributed by atoms with Gasteiger partial charge in [-0.15, -0.1) is 11.6 Å². The monoisotopic (exact) mass is 223 g/mol. The summed E-state index contributed by atoms with van der Waals surface area (Å²) >= 11 is 5.66. The van der Waals surface area contributed by atoms with Crippen LogP contribution in [0.3, 0.4) is 0 Å². The van der Waals surface area contributed by atoms with Gasteiger partial charge in [0.25, 0.3) is 0 Å². The van der Waals surface area contributed by atoms with Crippen LogP contribution >= 0.6 is 11.6 Å². The fourth-order valence-electron chi connectivity index (χ4n) is 1.69. The molecule has 0 spiro atoms. The molecule has 15 heavy (non-hydrogen) atoms. The van der Waals surface area contributed by atoms with Crippen molar-refractivity contribution < 1.29 is 4.74 Å². The van der Waals surface area contributed by atoms with Crippen LogP contribution < -0.4 is 4.74 Å². The van der Waals surface area contributed by atoms with E-state index in [2.05, 4.69) is 11.1 Å². The quantitative estimate of drug-likeness (QED) is 0.791. The summed E-state index contributed by atoms with van der Waals surface area (Å²) in [6.07, 6.45) is 2.01. The lowest BCUT2D eigenvalue weighted by Gasteiger charge is -1.97. The van der Waals surface area contributed by atoms with Gasteiger partial charge >= 0.3 is 0 Å². The predicted octanol–water partition coefficient (Wildman–Crippen LogP) is 3.35. The van der Waals surface area contributed by atoms with Crippen molar-refractivity contribution in [1.82, 2.24) is 4.98 Å². The molecule has 0 saturated heterocycles. The number of fused-ring (bicyclic) bond motifs is 1. The van der Waals surface area contributed by atoms with E-state index in [0.29, 0.717) is 5.88 Å². The second kappa shape index (κ2) is 4.58. The lowest BCUT2D eigenvalue weighted by molar-refractivity contribution is 0.415. The molecule has 0 aliphatic heterocycles. The number of nitrogens with one attached hydrogen (secondary N) is 1. The Balaban J connectivity index is 2.29. The zero-order valence-corrected chi connectivity index (χ0v) is 9.47. The van der Waals surface area contributed by atoms with Crippen LogP contribution in [0.2, 0.25) is 0 Å². The van der Waals surface area contributed by atoms with E-state index in [0.717, 1.165) is 24.1 Å². The minimum Gasteiger partial charge on any atom is -0.497 e. The maximum absolute atomic E-state index is 5.66. The van der Waals surface area contributed by atoms with Crippen LogP contribution in [0.5, 0.6) is 5.75 Å². The highest BCUT2D eigenvalue weighted by Gasteiger charge is 2.01. The molecular formula is C12H14ClNO. The van der Waals surface area contributed by atoms with Gasteiger partial charge in [-0.2, -0.15) is 0 Å². The molecule has 0 amide bonds. The van der Waals surface area contributed by atoms with E-state index in [-0.39, 0.29) is 0 Å². The number of alkyl halides is 1. The van der Waals surface area contributed by atoms with Crippen molar-refractivity contribution in [2.45, 2.75) is 12.8 Å². The normalized spacial score (nSPS) is 10.8. The van der Waals surface area contributed by atoms with Crippen molar-refractivity contribution in [3.63, 3.8) is 0 Å². The van der Waals surface area contributed by atoms with Crippen LogP contribution in [0.15, 0.2) is 24.3 Å². The third-order valence-electron chi connectivity index (χ3n) is 2.46. The maximum atomic E-state index is 5.66. The number of aryl methyl sites for hydroxylation is 1. The van der Waals surface area contributed by atoms with Crippen LogP contribution in [-0.4, -0.2) is 18.0 Å². The molecule has 0 aliphatic rings. The molecular weight excluding hydrogens is 210 g/mol. The molecule has 2 rings (SSSR count). The minimum atomic E-state index is 0.707. The fraction of sp³-hybridized carbons (Fsp3) is 0.333. The number of methoxy groups -OCH3 is 1. The first-order chi connectivity index (χ1) is 7.33. The second-order valence-corrected chi connectivity index (χ2v) is 3.92. The highest BCUT2D eigenvalue weighted by atomic mass is 35.5. The van der Waals surface area contributed by atoms with E-state index >= 15 is 0 Å². The van der Waals surface area contributed by atoms with E-state index < -0.39 is 0 Å². The molecule has 0 radical (unpaired) electrons. The molecule has 0 bridgehead atoms. The molecule has 2 nitrogen and oxygen atoms in total. The largest absolute Gasteiger partial charge is 0.497 e. The summed E-state index contributed by atoms with van der Waals surface area (Å²) < 4.78 is 5.18. The number of rotatable bonds is 4. The van der Waals surface area contributed by atoms with Gasteiger partial charge in [0.1, 0.15) is 5.75 Å². The number of hydrogen-bond acceptors (Lipinski definition) is 1. The van der Waals surface area contributed by atoms with Gasteiger partial charge in [-0.05, 0) is 37.1 Å². The molecule has 0 unspecified atom stereocenters. The molecule has 1 aromatic carbocycles. The summed E-state index contributed by atoms with van der Waals surface area (Å²) in [5, 5.41) is 1.19. The molecule has 80 valence electrons. The van der Waals surface area contributed by atoms with Crippen LogP contribution in [0, 0.1) is 0 Å². The summed E-state index contributed by atoms with van der Waals surface area (Å²) in [4.78, 5) is 3.37. The number of ether oxygens (including phenoxy) is 1. The smallest absolute Gasteiger partial charge is 0.119 e. The van der Waals surface area contributed by atoms with Crippen LogP contribution in [0.1, 0.15) is 12.1 Å². The average molecular weight is 224 g/mol. The summed E-state index contributed by atoms with van der Waals surface area (Å²) in [6, 6.07) is 8.20. The molecule has 1 N–H and O–H groups in total. The van der Waals surface area contributed by atoms with Crippen LogP contribution in [0.4, 0.5) is 0 Å². The maximum Gasteiger partial charge on any atom is 0.119 e. The van der Waals surface area contributed by atoms with Gasteiger partial charge in [0, 0.05) is 22.5 Å². The Morgan fingerprint density at radius 1 is 1.33 bits per heavy atom. The molecule has 3 heteroatoms. The van der Waals surface area contributed by atoms with E-state index in [9.17, 15) is 0 Å². The van der Waals surface area contributed by atoms with Crippen molar-refractivity contribution in [3.05, 3.63) is 30.0 Å². The lowest BCUT2D eigenvalue weighted by atomic mass is 10.2. The van der Waals surface area contributed by atoms with Gasteiger partial charge in [-0.1, -0.05) is 0 Å². The first kappa shape index (κ1) is 10.4. The Morgan fingerprint density at radius 3 is 2.93 bits per heavy atom. The van der Waals surface area contributed by atoms with Gasteiger partial charge < -0.3 is 9.72 Å². The van der Waals surface area contributed by atoms with E-state index in [1.54, 1.807) is 7.11 Å². The van der Waals surface area contributed by atoms with Crippen molar-refractivity contribution >= 4 is 22.5 Å². The van der Waals surface area contributed by atoms with Crippen LogP contribution in [0.25, 0.3) is 10.9 Å². The van der Waals surface area contributed by atoms with E-state index in [1.807, 2.05) is 18.2 Å². The molecule has 2 aromatic rings. The van der Waals surface area contributed by atoms with E-state index in [1.165, 1.54) is 11.1 Å². The van der Waals surface area contributed by atoms with Crippen LogP contribution in [-0.2, 0) is 6.42 Å². The zero-order chi connectivity index (χ0) is 10.7. The highest BCUT2D eigenvalue weighted by molar-refractivity contribution is 6.17. The number of halogens is 1. The summed E-state index contributed by atoms with van der Waals surface area (Å²) in [5.74, 6) is 1.60. The number of H-pyrrole nitrogens is 1. The number of aromatic amines is 1. The lowest BCUT2D eigenvalue weighted by Crippen LogP contribution is -1.84. The Kier molecular flexibility index (Phi) is 3.17. The standard InChI is InChI=1S/C12H14ClNO/c1-15-11-4-5-12-9(8-11)7-10(14-12)3-2-6-13/h4-5,7-8,14H,2-3,6H2,1H3. The summed E-state index contributed by atoms with van der Waals surface area (Å²) in [6.45, 7) is 0. The third kappa shape index (κ3) is 2.26. The molecule has 0 atom stereocenters. The third-order valence-corrected chi connectivity index (χ3v) is 2.73. The Labute approximate surface area is 94.2 Å². The van der Waals surface area contributed by atoms with Gasteiger partial charge in [-0.25, -0.2) is 0 Å². The van der Waals surface area contributed by atoms with E-state index in [4.69, 9.17) is 16.3 Å². The van der Waals surface area contributed by atoms with Gasteiger partial charge in [0.15, 0.2) is 0 Å². The number of hydrogen-bond donors (Lipinski definition) is 1.